The topological polar surface area (TPSA) is 83.5 Å². The Balaban J connectivity index is 2.39. The molecule has 0 bridgehead atoms. The highest BCUT2D eigenvalue weighted by molar-refractivity contribution is 5.89. The van der Waals surface area contributed by atoms with Crippen LogP contribution in [0.25, 0.3) is 0 Å². The van der Waals surface area contributed by atoms with Gasteiger partial charge >= 0.3 is 5.97 Å². The quantitative estimate of drug-likeness (QED) is 0.212. The lowest BCUT2D eigenvalue weighted by atomic mass is 9.83. The van der Waals surface area contributed by atoms with Gasteiger partial charge in [0.25, 0.3) is 0 Å². The molecule has 7 nitrogen and oxygen atoms in total. The zero-order valence-electron chi connectivity index (χ0n) is 22.7. The molecule has 1 aliphatic rings. The fraction of sp³-hybridized carbons (Fsp3) is 0.759. The predicted molar refractivity (Wildman–Crippen MR) is 140 cm³/mol. The van der Waals surface area contributed by atoms with E-state index in [-0.39, 0.29) is 0 Å². The highest BCUT2D eigenvalue weighted by atomic mass is 16.6. The first-order valence-electron chi connectivity index (χ1n) is 14.0. The van der Waals surface area contributed by atoms with E-state index in [0.717, 1.165) is 51.4 Å². The summed E-state index contributed by atoms with van der Waals surface area (Å²) in [7, 11) is 0. The zero-order chi connectivity index (χ0) is 26.2. The van der Waals surface area contributed by atoms with E-state index in [1.807, 2.05) is 6.07 Å². The maximum Gasteiger partial charge on any atom is 0.338 e. The molecule has 1 fully saturated rings. The van der Waals surface area contributed by atoms with Gasteiger partial charge in [0.15, 0.2) is 6.10 Å². The Morgan fingerprint density at radius 3 is 1.47 bits per heavy atom. The average molecular weight is 509 g/mol. The van der Waals surface area contributed by atoms with Crippen LogP contribution in [0, 0.1) is 0 Å². The summed E-state index contributed by atoms with van der Waals surface area (Å²) in [6.45, 7) is 10.4. The molecule has 0 spiro atoms. The third-order valence-corrected chi connectivity index (χ3v) is 6.45. The van der Waals surface area contributed by atoms with Crippen LogP contribution in [0.3, 0.4) is 0 Å². The molecule has 1 aliphatic carbocycles. The Hall–Kier alpha value is -1.51. The van der Waals surface area contributed by atoms with Crippen molar-refractivity contribution in [2.45, 2.75) is 116 Å². The number of carbonyl (C=O) groups excluding carboxylic acids is 1. The van der Waals surface area contributed by atoms with Gasteiger partial charge in [0.2, 0.25) is 0 Å². The lowest BCUT2D eigenvalue weighted by molar-refractivity contribution is -0.265. The molecule has 0 amide bonds. The van der Waals surface area contributed by atoms with E-state index in [1.54, 1.807) is 24.3 Å². The van der Waals surface area contributed by atoms with Crippen LogP contribution in [-0.2, 0) is 23.7 Å². The molecule has 6 atom stereocenters. The van der Waals surface area contributed by atoms with Crippen molar-refractivity contribution < 1.29 is 33.6 Å². The highest BCUT2D eigenvalue weighted by Gasteiger charge is 2.54. The second-order valence-electron chi connectivity index (χ2n) is 9.48. The molecule has 1 aromatic carbocycles. The van der Waals surface area contributed by atoms with Crippen LogP contribution in [0.1, 0.15) is 89.4 Å². The molecule has 0 radical (unpaired) electrons. The van der Waals surface area contributed by atoms with Crippen molar-refractivity contribution in [1.82, 2.24) is 0 Å². The van der Waals surface area contributed by atoms with Gasteiger partial charge in [-0.1, -0.05) is 71.6 Å². The number of benzene rings is 1. The lowest BCUT2D eigenvalue weighted by Gasteiger charge is -2.48. The standard InChI is InChI=1S/C29H48O7/c1-5-9-18-32-24-23(30)25(36-29(31)22-16-14-13-15-17-22)27(34-20-11-7-3)28(35-21-12-8-4)26(24)33-19-10-6-2/h13-17,23-28,30H,5-12,18-21H2,1-4H3/t23-,24-,25+,26+,27-,28-/m1/s1. The van der Waals surface area contributed by atoms with Gasteiger partial charge in [0.05, 0.1) is 5.56 Å². The molecule has 7 heteroatoms. The third kappa shape index (κ3) is 9.42. The molecule has 1 aromatic rings. The first-order chi connectivity index (χ1) is 17.6. The lowest BCUT2D eigenvalue weighted by Crippen LogP contribution is -2.67. The van der Waals surface area contributed by atoms with Crippen LogP contribution < -0.4 is 0 Å². The number of rotatable bonds is 18. The second kappa shape index (κ2) is 17.9. The maximum absolute atomic E-state index is 13.1. The summed E-state index contributed by atoms with van der Waals surface area (Å²) in [5.74, 6) is -0.506. The summed E-state index contributed by atoms with van der Waals surface area (Å²) in [4.78, 5) is 13.1. The van der Waals surface area contributed by atoms with Crippen molar-refractivity contribution >= 4 is 5.97 Å². The Kier molecular flexibility index (Phi) is 15.2. The number of hydrogen-bond acceptors (Lipinski definition) is 7. The molecule has 0 aromatic heterocycles. The first-order valence-corrected chi connectivity index (χ1v) is 14.0. The number of unbranched alkanes of at least 4 members (excludes halogenated alkanes) is 4. The maximum atomic E-state index is 13.1. The molecular weight excluding hydrogens is 460 g/mol. The summed E-state index contributed by atoms with van der Waals surface area (Å²) >= 11 is 0. The smallest absolute Gasteiger partial charge is 0.338 e. The minimum absolute atomic E-state index is 0.422. The van der Waals surface area contributed by atoms with Gasteiger partial charge in [-0.3, -0.25) is 0 Å². The largest absolute Gasteiger partial charge is 0.453 e. The number of carbonyl (C=O) groups is 1. The Morgan fingerprint density at radius 2 is 1.03 bits per heavy atom. The number of aliphatic hydroxyl groups excluding tert-OH is 1. The predicted octanol–water partition coefficient (Wildman–Crippen LogP) is 5.33. The van der Waals surface area contributed by atoms with Crippen molar-refractivity contribution in [3.8, 4) is 0 Å². The summed E-state index contributed by atoms with van der Waals surface area (Å²) < 4.78 is 31.2. The zero-order valence-corrected chi connectivity index (χ0v) is 22.7. The molecular formula is C29H48O7. The number of ether oxygens (including phenoxy) is 5. The van der Waals surface area contributed by atoms with Gasteiger partial charge in [-0.05, 0) is 37.8 Å². The van der Waals surface area contributed by atoms with Gasteiger partial charge in [0, 0.05) is 26.4 Å². The SMILES string of the molecule is CCCCO[C@@H]1[C@@H](OCCCC)[C@H](OCCCC)[C@@H](O)[C@H](OC(=O)c2ccccc2)[C@H]1OCCCC. The van der Waals surface area contributed by atoms with Crippen LogP contribution >= 0.6 is 0 Å². The molecule has 36 heavy (non-hydrogen) atoms. The number of hydrogen-bond donors (Lipinski definition) is 1. The summed E-state index contributed by atoms with van der Waals surface area (Å²) in [6, 6.07) is 8.82. The third-order valence-electron chi connectivity index (χ3n) is 6.45. The summed E-state index contributed by atoms with van der Waals surface area (Å²) in [5, 5.41) is 11.5. The summed E-state index contributed by atoms with van der Waals surface area (Å²) in [6.07, 6.45) is 2.91. The molecule has 2 rings (SSSR count). The van der Waals surface area contributed by atoms with E-state index in [1.165, 1.54) is 0 Å². The van der Waals surface area contributed by atoms with Crippen molar-refractivity contribution in [2.24, 2.45) is 0 Å². The van der Waals surface area contributed by atoms with Crippen LogP contribution in [-0.4, -0.2) is 74.1 Å². The molecule has 0 aliphatic heterocycles. The molecule has 0 heterocycles. The molecule has 1 N–H and O–H groups in total. The van der Waals surface area contributed by atoms with E-state index < -0.39 is 42.6 Å². The van der Waals surface area contributed by atoms with Crippen molar-refractivity contribution in [1.29, 1.82) is 0 Å². The molecule has 206 valence electrons. The molecule has 0 unspecified atom stereocenters. The second-order valence-corrected chi connectivity index (χ2v) is 9.48. The van der Waals surface area contributed by atoms with E-state index in [9.17, 15) is 9.90 Å². The molecule has 0 saturated heterocycles. The van der Waals surface area contributed by atoms with Gasteiger partial charge in [-0.25, -0.2) is 4.79 Å². The van der Waals surface area contributed by atoms with Gasteiger partial charge < -0.3 is 28.8 Å². The van der Waals surface area contributed by atoms with Gasteiger partial charge in [0.1, 0.15) is 30.5 Å². The highest BCUT2D eigenvalue weighted by Crippen LogP contribution is 2.33. The van der Waals surface area contributed by atoms with Crippen molar-refractivity contribution in [3.05, 3.63) is 35.9 Å². The Bertz CT molecular complexity index is 698. The van der Waals surface area contributed by atoms with Crippen molar-refractivity contribution in [3.63, 3.8) is 0 Å². The van der Waals surface area contributed by atoms with Crippen LogP contribution in [0.2, 0.25) is 0 Å². The van der Waals surface area contributed by atoms with E-state index in [0.29, 0.717) is 32.0 Å². The van der Waals surface area contributed by atoms with Gasteiger partial charge in [-0.2, -0.15) is 0 Å². The summed E-state index contributed by atoms with van der Waals surface area (Å²) in [5.41, 5.74) is 0.422. The number of esters is 1. The van der Waals surface area contributed by atoms with E-state index in [2.05, 4.69) is 27.7 Å². The monoisotopic (exact) mass is 508 g/mol. The first kappa shape index (κ1) is 30.7. The van der Waals surface area contributed by atoms with E-state index >= 15 is 0 Å². The van der Waals surface area contributed by atoms with Crippen LogP contribution in [0.5, 0.6) is 0 Å². The van der Waals surface area contributed by atoms with E-state index in [4.69, 9.17) is 23.7 Å². The average Bonchev–Trinajstić information content (AvgIpc) is 2.89. The van der Waals surface area contributed by atoms with Crippen LogP contribution in [0.15, 0.2) is 30.3 Å². The normalized spacial score (nSPS) is 26.1. The minimum atomic E-state index is -1.11. The Morgan fingerprint density at radius 1 is 0.639 bits per heavy atom. The van der Waals surface area contributed by atoms with Gasteiger partial charge in [-0.15, -0.1) is 0 Å². The van der Waals surface area contributed by atoms with Crippen LogP contribution in [0.4, 0.5) is 0 Å². The van der Waals surface area contributed by atoms with Crippen molar-refractivity contribution in [2.75, 3.05) is 26.4 Å². The fourth-order valence-electron chi connectivity index (χ4n) is 4.26. The fourth-order valence-corrected chi connectivity index (χ4v) is 4.26. The number of aliphatic hydroxyl groups is 1. The molecule has 1 saturated carbocycles. The Labute approximate surface area is 217 Å². The minimum Gasteiger partial charge on any atom is -0.453 e.